The van der Waals surface area contributed by atoms with Gasteiger partial charge in [-0.05, 0) is 48.7 Å². The first-order chi connectivity index (χ1) is 9.94. The van der Waals surface area contributed by atoms with Gasteiger partial charge in [-0.25, -0.2) is 8.42 Å². The molecule has 0 aliphatic heterocycles. The zero-order valence-corrected chi connectivity index (χ0v) is 13.1. The second-order valence-electron chi connectivity index (χ2n) is 4.64. The van der Waals surface area contributed by atoms with E-state index in [-0.39, 0.29) is 11.5 Å². The summed E-state index contributed by atoms with van der Waals surface area (Å²) in [5, 5.41) is 9.36. The monoisotopic (exact) mass is 325 g/mol. The molecular weight excluding hydrogens is 310 g/mol. The third kappa shape index (κ3) is 3.75. The quantitative estimate of drug-likeness (QED) is 0.888. The number of aliphatic hydroxyl groups excluding tert-OH is 1. The SMILES string of the molecule is Cc1c(Cl)cccc1NS(=O)(=O)c1ccc(CCO)cc1. The molecule has 0 unspecified atom stereocenters. The Morgan fingerprint density at radius 1 is 1.14 bits per heavy atom. The van der Waals surface area contributed by atoms with E-state index < -0.39 is 10.0 Å². The molecule has 112 valence electrons. The molecule has 21 heavy (non-hydrogen) atoms. The van der Waals surface area contributed by atoms with E-state index in [1.54, 1.807) is 37.3 Å². The Kier molecular flexibility index (Phi) is 4.88. The maximum atomic E-state index is 12.3. The highest BCUT2D eigenvalue weighted by atomic mass is 35.5. The van der Waals surface area contributed by atoms with Crippen molar-refractivity contribution in [2.24, 2.45) is 0 Å². The molecule has 2 aromatic rings. The third-order valence-electron chi connectivity index (χ3n) is 3.15. The van der Waals surface area contributed by atoms with E-state index in [2.05, 4.69) is 4.72 Å². The number of hydrogen-bond acceptors (Lipinski definition) is 3. The molecule has 0 radical (unpaired) electrons. The van der Waals surface area contributed by atoms with E-state index in [1.165, 1.54) is 12.1 Å². The second-order valence-corrected chi connectivity index (χ2v) is 6.73. The minimum absolute atomic E-state index is 0.0338. The molecule has 0 atom stereocenters. The highest BCUT2D eigenvalue weighted by Gasteiger charge is 2.15. The molecule has 0 saturated heterocycles. The Morgan fingerprint density at radius 3 is 2.43 bits per heavy atom. The van der Waals surface area contributed by atoms with Crippen LogP contribution in [0.2, 0.25) is 5.02 Å². The molecule has 6 heteroatoms. The Labute approximate surface area is 129 Å². The number of hydrogen-bond donors (Lipinski definition) is 2. The van der Waals surface area contributed by atoms with Crippen LogP contribution in [-0.2, 0) is 16.4 Å². The van der Waals surface area contributed by atoms with Crippen molar-refractivity contribution in [2.45, 2.75) is 18.2 Å². The van der Waals surface area contributed by atoms with Crippen LogP contribution in [0, 0.1) is 6.92 Å². The van der Waals surface area contributed by atoms with Crippen LogP contribution in [0.1, 0.15) is 11.1 Å². The second kappa shape index (κ2) is 6.47. The van der Waals surface area contributed by atoms with E-state index in [0.29, 0.717) is 22.7 Å². The lowest BCUT2D eigenvalue weighted by molar-refractivity contribution is 0.299. The summed E-state index contributed by atoms with van der Waals surface area (Å²) in [4.78, 5) is 0.170. The molecule has 0 saturated carbocycles. The number of rotatable bonds is 5. The van der Waals surface area contributed by atoms with Gasteiger partial charge in [-0.2, -0.15) is 0 Å². The van der Waals surface area contributed by atoms with Gasteiger partial charge >= 0.3 is 0 Å². The van der Waals surface area contributed by atoms with Gasteiger partial charge in [0, 0.05) is 11.6 Å². The molecule has 2 rings (SSSR count). The van der Waals surface area contributed by atoms with Gasteiger partial charge < -0.3 is 5.11 Å². The zero-order chi connectivity index (χ0) is 15.5. The van der Waals surface area contributed by atoms with Crippen molar-refractivity contribution >= 4 is 27.3 Å². The molecule has 4 nitrogen and oxygen atoms in total. The van der Waals surface area contributed by atoms with Crippen molar-refractivity contribution < 1.29 is 13.5 Å². The van der Waals surface area contributed by atoms with E-state index in [4.69, 9.17) is 16.7 Å². The summed E-state index contributed by atoms with van der Waals surface area (Å²) in [6.45, 7) is 1.79. The first kappa shape index (κ1) is 15.8. The van der Waals surface area contributed by atoms with Crippen molar-refractivity contribution in [3.05, 3.63) is 58.6 Å². The number of halogens is 1. The summed E-state index contributed by atoms with van der Waals surface area (Å²) in [6, 6.07) is 11.5. The molecule has 0 bridgehead atoms. The molecule has 0 aliphatic carbocycles. The molecule has 0 fully saturated rings. The van der Waals surface area contributed by atoms with Crippen molar-refractivity contribution in [1.29, 1.82) is 0 Å². The van der Waals surface area contributed by atoms with E-state index in [9.17, 15) is 8.42 Å². The van der Waals surface area contributed by atoms with Gasteiger partial charge in [-0.1, -0.05) is 29.8 Å². The summed E-state index contributed by atoms with van der Waals surface area (Å²) in [5.74, 6) is 0. The summed E-state index contributed by atoms with van der Waals surface area (Å²) in [6.07, 6.45) is 0.501. The van der Waals surface area contributed by atoms with Crippen molar-refractivity contribution in [2.75, 3.05) is 11.3 Å². The predicted octanol–water partition coefficient (Wildman–Crippen LogP) is 2.98. The molecule has 0 heterocycles. The van der Waals surface area contributed by atoms with Crippen LogP contribution in [0.5, 0.6) is 0 Å². The maximum Gasteiger partial charge on any atom is 0.261 e. The van der Waals surface area contributed by atoms with Gasteiger partial charge in [0.15, 0.2) is 0 Å². The average Bonchev–Trinajstić information content (AvgIpc) is 2.45. The van der Waals surface area contributed by atoms with Crippen molar-refractivity contribution in [3.63, 3.8) is 0 Å². The van der Waals surface area contributed by atoms with Crippen LogP contribution in [0.4, 0.5) is 5.69 Å². The van der Waals surface area contributed by atoms with Gasteiger partial charge in [-0.15, -0.1) is 0 Å². The van der Waals surface area contributed by atoms with Gasteiger partial charge in [0.25, 0.3) is 10.0 Å². The van der Waals surface area contributed by atoms with E-state index >= 15 is 0 Å². The third-order valence-corrected chi connectivity index (χ3v) is 4.94. The summed E-state index contributed by atoms with van der Waals surface area (Å²) in [7, 11) is -3.66. The highest BCUT2D eigenvalue weighted by molar-refractivity contribution is 7.92. The molecule has 2 N–H and O–H groups in total. The predicted molar refractivity (Wildman–Crippen MR) is 84.2 cm³/mol. The van der Waals surface area contributed by atoms with Crippen LogP contribution in [0.25, 0.3) is 0 Å². The molecular formula is C15H16ClNO3S. The van der Waals surface area contributed by atoms with Crippen molar-refractivity contribution in [1.82, 2.24) is 0 Å². The summed E-state index contributed by atoms with van der Waals surface area (Å²) in [5.41, 5.74) is 2.02. The number of sulfonamides is 1. The molecule has 0 aromatic heterocycles. The molecule has 0 amide bonds. The Morgan fingerprint density at radius 2 is 1.81 bits per heavy atom. The van der Waals surface area contributed by atoms with Gasteiger partial charge in [-0.3, -0.25) is 4.72 Å². The van der Waals surface area contributed by atoms with Gasteiger partial charge in [0.05, 0.1) is 10.6 Å². The van der Waals surface area contributed by atoms with Crippen molar-refractivity contribution in [3.8, 4) is 0 Å². The van der Waals surface area contributed by atoms with Crippen LogP contribution in [0.3, 0.4) is 0 Å². The van der Waals surface area contributed by atoms with Gasteiger partial charge in [0.2, 0.25) is 0 Å². The highest BCUT2D eigenvalue weighted by Crippen LogP contribution is 2.25. The van der Waals surface area contributed by atoms with Gasteiger partial charge in [0.1, 0.15) is 0 Å². The Hall–Kier alpha value is -1.56. The minimum Gasteiger partial charge on any atom is -0.396 e. The number of aliphatic hydroxyl groups is 1. The maximum absolute atomic E-state index is 12.3. The normalized spacial score (nSPS) is 11.4. The Balaban J connectivity index is 2.27. The summed E-state index contributed by atoms with van der Waals surface area (Å²) < 4.78 is 27.2. The standard InChI is InChI=1S/C15H16ClNO3S/c1-11-14(16)3-2-4-15(11)17-21(19,20)13-7-5-12(6-8-13)9-10-18/h2-8,17-18H,9-10H2,1H3. The summed E-state index contributed by atoms with van der Waals surface area (Å²) >= 11 is 5.99. The number of nitrogens with one attached hydrogen (secondary N) is 1. The first-order valence-electron chi connectivity index (χ1n) is 6.42. The lowest BCUT2D eigenvalue weighted by atomic mass is 10.2. The lowest BCUT2D eigenvalue weighted by Crippen LogP contribution is -2.13. The van der Waals surface area contributed by atoms with Crippen LogP contribution in [-0.4, -0.2) is 20.1 Å². The fraction of sp³-hybridized carbons (Fsp3) is 0.200. The minimum atomic E-state index is -3.66. The fourth-order valence-electron chi connectivity index (χ4n) is 1.89. The smallest absolute Gasteiger partial charge is 0.261 e. The first-order valence-corrected chi connectivity index (χ1v) is 8.28. The fourth-order valence-corrected chi connectivity index (χ4v) is 3.18. The average molecular weight is 326 g/mol. The van der Waals surface area contributed by atoms with E-state index in [0.717, 1.165) is 5.56 Å². The molecule has 0 spiro atoms. The van der Waals surface area contributed by atoms with Crippen LogP contribution < -0.4 is 4.72 Å². The van der Waals surface area contributed by atoms with Crippen LogP contribution >= 0.6 is 11.6 Å². The van der Waals surface area contributed by atoms with Crippen LogP contribution in [0.15, 0.2) is 47.4 Å². The van der Waals surface area contributed by atoms with E-state index in [1.807, 2.05) is 0 Å². The largest absolute Gasteiger partial charge is 0.396 e. The lowest BCUT2D eigenvalue weighted by Gasteiger charge is -2.11. The zero-order valence-electron chi connectivity index (χ0n) is 11.5. The topological polar surface area (TPSA) is 66.4 Å². The Bertz CT molecular complexity index is 727. The number of benzene rings is 2. The number of anilines is 1. The molecule has 0 aliphatic rings. The molecule has 2 aromatic carbocycles.